The number of nitrogens with one attached hydrogen (secondary N) is 1. The van der Waals surface area contributed by atoms with Crippen LogP contribution in [0, 0.1) is 0 Å². The number of hydrogen-bond acceptors (Lipinski definition) is 4. The topological polar surface area (TPSA) is 75.6 Å². The second-order valence-corrected chi connectivity index (χ2v) is 4.44. The van der Waals surface area contributed by atoms with E-state index in [1.165, 1.54) is 20.1 Å². The summed E-state index contributed by atoms with van der Waals surface area (Å²) in [6.45, 7) is 1.47. The fraction of sp³-hybridized carbons (Fsp3) is 0.125. The zero-order valence-corrected chi connectivity index (χ0v) is 11.7. The lowest BCUT2D eigenvalue weighted by Gasteiger charge is -2.11. The van der Waals surface area contributed by atoms with Crippen molar-refractivity contribution >= 4 is 17.4 Å². The van der Waals surface area contributed by atoms with Gasteiger partial charge in [-0.25, -0.2) is 0 Å². The highest BCUT2D eigenvalue weighted by Crippen LogP contribution is 2.28. The number of methoxy groups -OCH3 is 1. The van der Waals surface area contributed by atoms with Gasteiger partial charge in [0.05, 0.1) is 7.11 Å². The highest BCUT2D eigenvalue weighted by molar-refractivity contribution is 6.08. The Kier molecular flexibility index (Phi) is 4.23. The maximum Gasteiger partial charge on any atom is 0.263 e. The molecular weight excluding hydrogens is 270 g/mol. The van der Waals surface area contributed by atoms with Crippen LogP contribution in [0.15, 0.2) is 42.5 Å². The molecular formula is C16H15NO4. The van der Waals surface area contributed by atoms with Gasteiger partial charge in [-0.2, -0.15) is 0 Å². The number of rotatable bonds is 4. The molecule has 0 aliphatic heterocycles. The van der Waals surface area contributed by atoms with Crippen LogP contribution in [0.2, 0.25) is 0 Å². The Hall–Kier alpha value is -2.82. The summed E-state index contributed by atoms with van der Waals surface area (Å²) in [5.74, 6) is -0.407. The highest BCUT2D eigenvalue weighted by Gasteiger charge is 2.17. The molecule has 2 aromatic carbocycles. The van der Waals surface area contributed by atoms with Gasteiger partial charge in [-0.05, 0) is 43.3 Å². The van der Waals surface area contributed by atoms with Crippen LogP contribution in [0.25, 0.3) is 0 Å². The number of benzene rings is 2. The van der Waals surface area contributed by atoms with Crippen LogP contribution in [-0.2, 0) is 0 Å². The zero-order chi connectivity index (χ0) is 15.4. The van der Waals surface area contributed by atoms with Gasteiger partial charge in [0.2, 0.25) is 0 Å². The molecule has 0 unspecified atom stereocenters. The summed E-state index contributed by atoms with van der Waals surface area (Å²) < 4.78 is 5.07. The molecule has 0 atom stereocenters. The number of ether oxygens (including phenoxy) is 1. The molecule has 0 heterocycles. The molecule has 2 aromatic rings. The van der Waals surface area contributed by atoms with E-state index in [1.807, 2.05) is 0 Å². The Morgan fingerprint density at radius 3 is 2.33 bits per heavy atom. The number of aromatic hydroxyl groups is 1. The van der Waals surface area contributed by atoms with Crippen molar-refractivity contribution in [2.45, 2.75) is 6.92 Å². The molecule has 2 rings (SSSR count). The van der Waals surface area contributed by atoms with E-state index in [0.717, 1.165) is 0 Å². The van der Waals surface area contributed by atoms with E-state index in [0.29, 0.717) is 11.3 Å². The van der Waals surface area contributed by atoms with E-state index >= 15 is 0 Å². The Labute approximate surface area is 122 Å². The number of ketones is 1. The molecule has 21 heavy (non-hydrogen) atoms. The maximum absolute atomic E-state index is 12.2. The van der Waals surface area contributed by atoms with E-state index in [2.05, 4.69) is 5.32 Å². The maximum atomic E-state index is 12.2. The van der Waals surface area contributed by atoms with Crippen molar-refractivity contribution in [1.82, 2.24) is 0 Å². The quantitative estimate of drug-likeness (QED) is 0.847. The Bertz CT molecular complexity index is 677. The summed E-state index contributed by atoms with van der Waals surface area (Å²) in [6.07, 6.45) is 0. The minimum Gasteiger partial charge on any atom is -0.507 e. The van der Waals surface area contributed by atoms with Crippen LogP contribution in [0.4, 0.5) is 5.69 Å². The van der Waals surface area contributed by atoms with E-state index in [-0.39, 0.29) is 22.8 Å². The SMILES string of the molecule is COc1cccc(O)c1C(=O)Nc1ccc(C(C)=O)cc1. The van der Waals surface area contributed by atoms with Crippen LogP contribution in [0.5, 0.6) is 11.5 Å². The fourth-order valence-electron chi connectivity index (χ4n) is 1.90. The van der Waals surface area contributed by atoms with Crippen LogP contribution in [-0.4, -0.2) is 23.9 Å². The number of carbonyl (C=O) groups excluding carboxylic acids is 2. The summed E-state index contributed by atoms with van der Waals surface area (Å²) in [7, 11) is 1.42. The molecule has 0 spiro atoms. The largest absolute Gasteiger partial charge is 0.507 e. The van der Waals surface area contributed by atoms with Crippen molar-refractivity contribution in [1.29, 1.82) is 0 Å². The Morgan fingerprint density at radius 1 is 1.10 bits per heavy atom. The summed E-state index contributed by atoms with van der Waals surface area (Å²) >= 11 is 0. The Morgan fingerprint density at radius 2 is 1.76 bits per heavy atom. The molecule has 5 nitrogen and oxygen atoms in total. The van der Waals surface area contributed by atoms with Crippen LogP contribution < -0.4 is 10.1 Å². The van der Waals surface area contributed by atoms with Gasteiger partial charge in [-0.15, -0.1) is 0 Å². The first-order valence-electron chi connectivity index (χ1n) is 6.31. The van der Waals surface area contributed by atoms with Crippen molar-refractivity contribution in [3.05, 3.63) is 53.6 Å². The molecule has 1 amide bonds. The third kappa shape index (κ3) is 3.20. The average Bonchev–Trinajstić information content (AvgIpc) is 2.47. The monoisotopic (exact) mass is 285 g/mol. The van der Waals surface area contributed by atoms with E-state index < -0.39 is 5.91 Å². The number of amides is 1. The molecule has 0 radical (unpaired) electrons. The minimum atomic E-state index is -0.486. The summed E-state index contributed by atoms with van der Waals surface area (Å²) in [6, 6.07) is 11.1. The summed E-state index contributed by atoms with van der Waals surface area (Å²) in [4.78, 5) is 23.4. The van der Waals surface area contributed by atoms with Gasteiger partial charge in [-0.1, -0.05) is 6.07 Å². The van der Waals surface area contributed by atoms with E-state index in [4.69, 9.17) is 4.74 Å². The number of hydrogen-bond donors (Lipinski definition) is 2. The fourth-order valence-corrected chi connectivity index (χ4v) is 1.90. The van der Waals surface area contributed by atoms with Gasteiger partial charge in [0.25, 0.3) is 5.91 Å². The first-order valence-corrected chi connectivity index (χ1v) is 6.31. The minimum absolute atomic E-state index is 0.0461. The van der Waals surface area contributed by atoms with Gasteiger partial charge >= 0.3 is 0 Å². The second-order valence-electron chi connectivity index (χ2n) is 4.44. The van der Waals surface area contributed by atoms with Crippen LogP contribution in [0.1, 0.15) is 27.6 Å². The zero-order valence-electron chi connectivity index (χ0n) is 11.7. The molecule has 0 bridgehead atoms. The smallest absolute Gasteiger partial charge is 0.263 e. The van der Waals surface area contributed by atoms with Crippen molar-refractivity contribution in [3.63, 3.8) is 0 Å². The molecule has 5 heteroatoms. The van der Waals surface area contributed by atoms with Crippen LogP contribution in [0.3, 0.4) is 0 Å². The third-order valence-corrected chi connectivity index (χ3v) is 3.00. The van der Waals surface area contributed by atoms with Gasteiger partial charge in [-0.3, -0.25) is 9.59 Å². The predicted octanol–water partition coefficient (Wildman–Crippen LogP) is 2.86. The van der Waals surface area contributed by atoms with E-state index in [1.54, 1.807) is 36.4 Å². The lowest BCUT2D eigenvalue weighted by atomic mass is 10.1. The van der Waals surface area contributed by atoms with Gasteiger partial charge in [0.1, 0.15) is 17.1 Å². The van der Waals surface area contributed by atoms with E-state index in [9.17, 15) is 14.7 Å². The van der Waals surface area contributed by atoms with Gasteiger partial charge in [0.15, 0.2) is 5.78 Å². The standard InChI is InChI=1S/C16H15NO4/c1-10(18)11-6-8-12(9-7-11)17-16(20)15-13(19)4-3-5-14(15)21-2/h3-9,19H,1-2H3,(H,17,20). The number of carbonyl (C=O) groups is 2. The molecule has 0 fully saturated rings. The molecule has 0 aliphatic carbocycles. The normalized spacial score (nSPS) is 10.0. The highest BCUT2D eigenvalue weighted by atomic mass is 16.5. The molecule has 0 saturated carbocycles. The van der Waals surface area contributed by atoms with Gasteiger partial charge in [0, 0.05) is 11.3 Å². The molecule has 0 saturated heterocycles. The van der Waals surface area contributed by atoms with Crippen molar-refractivity contribution < 1.29 is 19.4 Å². The summed E-state index contributed by atoms with van der Waals surface area (Å²) in [5.41, 5.74) is 1.15. The van der Waals surface area contributed by atoms with Crippen molar-refractivity contribution in [3.8, 4) is 11.5 Å². The summed E-state index contributed by atoms with van der Waals surface area (Å²) in [5, 5.41) is 12.5. The lowest BCUT2D eigenvalue weighted by molar-refractivity contribution is 0.101. The van der Waals surface area contributed by atoms with Gasteiger partial charge < -0.3 is 15.2 Å². The van der Waals surface area contributed by atoms with Crippen molar-refractivity contribution in [2.75, 3.05) is 12.4 Å². The second kappa shape index (κ2) is 6.09. The number of anilines is 1. The third-order valence-electron chi connectivity index (χ3n) is 3.00. The number of phenolic OH excluding ortho intramolecular Hbond substituents is 1. The number of Topliss-reactive ketones (excluding diaryl/α,β-unsaturated/α-hetero) is 1. The first-order chi connectivity index (χ1) is 10.0. The molecule has 108 valence electrons. The Balaban J connectivity index is 2.24. The lowest BCUT2D eigenvalue weighted by Crippen LogP contribution is -2.13. The van der Waals surface area contributed by atoms with Crippen molar-refractivity contribution in [2.24, 2.45) is 0 Å². The molecule has 2 N–H and O–H groups in total. The molecule has 0 aliphatic rings. The predicted molar refractivity (Wildman–Crippen MR) is 79.1 cm³/mol. The first kappa shape index (κ1) is 14.6. The average molecular weight is 285 g/mol. The number of phenols is 1. The van der Waals surface area contributed by atoms with Crippen LogP contribution >= 0.6 is 0 Å². The molecule has 0 aromatic heterocycles.